The van der Waals surface area contributed by atoms with Crippen LogP contribution in [0.25, 0.3) is 10.6 Å². The van der Waals surface area contributed by atoms with Crippen LogP contribution in [-0.4, -0.2) is 16.7 Å². The van der Waals surface area contributed by atoms with Crippen molar-refractivity contribution in [2.75, 3.05) is 0 Å². The van der Waals surface area contributed by atoms with E-state index in [-0.39, 0.29) is 11.4 Å². The highest BCUT2D eigenvalue weighted by Gasteiger charge is 2.15. The molecular weight excluding hydrogens is 306 g/mol. The second kappa shape index (κ2) is 6.50. The molecule has 6 heteroatoms. The number of rotatable bonds is 3. The second-order valence-electron chi connectivity index (χ2n) is 6.48. The van der Waals surface area contributed by atoms with E-state index in [0.717, 1.165) is 26.9 Å². The van der Waals surface area contributed by atoms with Gasteiger partial charge in [0.25, 0.3) is 0 Å². The lowest BCUT2D eigenvalue weighted by Crippen LogP contribution is -2.26. The van der Waals surface area contributed by atoms with Crippen LogP contribution in [0.15, 0.2) is 29.4 Å². The van der Waals surface area contributed by atoms with Crippen LogP contribution in [-0.2, 0) is 5.41 Å². The normalized spacial score (nSPS) is 12.3. The molecule has 0 saturated carbocycles. The number of aromatic nitrogens is 1. The molecule has 23 heavy (non-hydrogen) atoms. The summed E-state index contributed by atoms with van der Waals surface area (Å²) in [5, 5.41) is 12.2. The van der Waals surface area contributed by atoms with E-state index < -0.39 is 0 Å². The number of hydrogen-bond acceptors (Lipinski definition) is 4. The molecule has 122 valence electrons. The molecule has 0 aliphatic heterocycles. The Labute approximate surface area is 141 Å². The highest BCUT2D eigenvalue weighted by molar-refractivity contribution is 7.17. The van der Waals surface area contributed by atoms with E-state index in [0.29, 0.717) is 0 Å². The fraction of sp³-hybridized carbons (Fsp3) is 0.353. The van der Waals surface area contributed by atoms with E-state index in [9.17, 15) is 0 Å². The minimum atomic E-state index is -0.176. The van der Waals surface area contributed by atoms with Gasteiger partial charge in [-0.2, -0.15) is 5.10 Å². The van der Waals surface area contributed by atoms with E-state index in [2.05, 4.69) is 60.5 Å². The predicted molar refractivity (Wildman–Crippen MR) is 98.2 cm³/mol. The smallest absolute Gasteiger partial charge is 0.206 e. The summed E-state index contributed by atoms with van der Waals surface area (Å²) in [4.78, 5) is 5.64. The monoisotopic (exact) mass is 329 g/mol. The van der Waals surface area contributed by atoms with Gasteiger partial charge in [-0.05, 0) is 24.8 Å². The van der Waals surface area contributed by atoms with Crippen molar-refractivity contribution in [2.24, 2.45) is 10.8 Å². The summed E-state index contributed by atoms with van der Waals surface area (Å²) < 4.78 is 0. The maximum absolute atomic E-state index is 7.16. The van der Waals surface area contributed by atoms with Crippen molar-refractivity contribution in [2.45, 2.75) is 40.0 Å². The lowest BCUT2D eigenvalue weighted by atomic mass is 9.87. The molecule has 0 unspecified atom stereocenters. The van der Waals surface area contributed by atoms with Crippen molar-refractivity contribution in [1.29, 1.82) is 5.41 Å². The Bertz CT molecular complexity index is 735. The summed E-state index contributed by atoms with van der Waals surface area (Å²) in [7, 11) is 0. The molecule has 2 rings (SSSR count). The van der Waals surface area contributed by atoms with E-state index in [1.165, 1.54) is 5.56 Å². The van der Waals surface area contributed by atoms with Crippen LogP contribution in [0.4, 0.5) is 0 Å². The number of hydrogen-bond donors (Lipinski definition) is 3. The van der Waals surface area contributed by atoms with Gasteiger partial charge in [-0.25, -0.2) is 10.4 Å². The molecule has 0 saturated heterocycles. The number of hydrazone groups is 1. The van der Waals surface area contributed by atoms with Gasteiger partial charge in [-0.3, -0.25) is 5.41 Å². The summed E-state index contributed by atoms with van der Waals surface area (Å²) in [5.74, 6) is -0.176. The van der Waals surface area contributed by atoms with Crippen molar-refractivity contribution in [3.8, 4) is 10.6 Å². The molecule has 0 fully saturated rings. The first kappa shape index (κ1) is 17.1. The number of guanidine groups is 1. The molecule has 0 aliphatic rings. The number of nitrogens with zero attached hydrogens (tertiary/aromatic N) is 2. The Kier molecular flexibility index (Phi) is 4.85. The fourth-order valence-electron chi connectivity index (χ4n) is 2.16. The summed E-state index contributed by atoms with van der Waals surface area (Å²) in [5.41, 5.74) is 12.0. The predicted octanol–water partition coefficient (Wildman–Crippen LogP) is 3.62. The molecule has 5 nitrogen and oxygen atoms in total. The molecule has 0 radical (unpaired) electrons. The summed E-state index contributed by atoms with van der Waals surface area (Å²) in [6.07, 6.45) is 0. The third kappa shape index (κ3) is 4.16. The van der Waals surface area contributed by atoms with Gasteiger partial charge >= 0.3 is 0 Å². The minimum absolute atomic E-state index is 0.143. The first-order valence-corrected chi connectivity index (χ1v) is 8.23. The lowest BCUT2D eigenvalue weighted by Gasteiger charge is -2.18. The van der Waals surface area contributed by atoms with Crippen LogP contribution in [0.2, 0.25) is 0 Å². The molecule has 2 aromatic rings. The zero-order chi connectivity index (χ0) is 17.2. The van der Waals surface area contributed by atoms with Gasteiger partial charge in [-0.15, -0.1) is 11.3 Å². The Balaban J connectivity index is 2.30. The van der Waals surface area contributed by atoms with Crippen LogP contribution in [0, 0.1) is 12.3 Å². The molecule has 1 aromatic heterocycles. The van der Waals surface area contributed by atoms with E-state index in [1.54, 1.807) is 11.3 Å². The van der Waals surface area contributed by atoms with E-state index in [4.69, 9.17) is 11.1 Å². The average Bonchev–Trinajstić information content (AvgIpc) is 2.86. The number of thiazole rings is 1. The van der Waals surface area contributed by atoms with Gasteiger partial charge < -0.3 is 5.73 Å². The van der Waals surface area contributed by atoms with Gasteiger partial charge in [0.15, 0.2) is 0 Å². The summed E-state index contributed by atoms with van der Waals surface area (Å²) >= 11 is 1.59. The molecule has 4 N–H and O–H groups in total. The van der Waals surface area contributed by atoms with Crippen molar-refractivity contribution in [3.05, 3.63) is 40.4 Å². The quantitative estimate of drug-likeness (QED) is 0.456. The van der Waals surface area contributed by atoms with Gasteiger partial charge in [0.1, 0.15) is 5.01 Å². The summed E-state index contributed by atoms with van der Waals surface area (Å²) in [6, 6.07) is 8.54. The largest absolute Gasteiger partial charge is 0.369 e. The van der Waals surface area contributed by atoms with Gasteiger partial charge in [0.05, 0.1) is 16.3 Å². The number of benzene rings is 1. The van der Waals surface area contributed by atoms with Crippen LogP contribution >= 0.6 is 11.3 Å². The Morgan fingerprint density at radius 1 is 1.26 bits per heavy atom. The van der Waals surface area contributed by atoms with Gasteiger partial charge in [0, 0.05) is 5.56 Å². The standard InChI is InChI=1S/C17H23N5S/c1-10-14(11(2)21-22-16(18)19)23-15(20-10)12-6-8-13(9-7-12)17(3,4)5/h6-9H,1-5H3,(H4,18,19,22)/b21-11+. The molecule has 0 aliphatic carbocycles. The van der Waals surface area contributed by atoms with Crippen LogP contribution in [0.5, 0.6) is 0 Å². The van der Waals surface area contributed by atoms with Crippen molar-refractivity contribution in [3.63, 3.8) is 0 Å². The third-order valence-corrected chi connectivity index (χ3v) is 4.78. The molecule has 1 heterocycles. The van der Waals surface area contributed by atoms with Crippen molar-refractivity contribution < 1.29 is 0 Å². The highest BCUT2D eigenvalue weighted by atomic mass is 32.1. The van der Waals surface area contributed by atoms with Gasteiger partial charge in [0.2, 0.25) is 5.96 Å². The van der Waals surface area contributed by atoms with Gasteiger partial charge in [-0.1, -0.05) is 45.0 Å². The zero-order valence-corrected chi connectivity index (χ0v) is 15.0. The number of nitrogens with two attached hydrogens (primary N) is 1. The third-order valence-electron chi connectivity index (χ3n) is 3.47. The summed E-state index contributed by atoms with van der Waals surface area (Å²) in [6.45, 7) is 10.5. The fourth-order valence-corrected chi connectivity index (χ4v) is 3.18. The first-order chi connectivity index (χ1) is 10.7. The van der Waals surface area contributed by atoms with Crippen LogP contribution in [0.3, 0.4) is 0 Å². The number of nitrogens with one attached hydrogen (secondary N) is 2. The molecular formula is C17H23N5S. The second-order valence-corrected chi connectivity index (χ2v) is 7.48. The van der Waals surface area contributed by atoms with Crippen molar-refractivity contribution in [1.82, 2.24) is 10.4 Å². The molecule has 0 spiro atoms. The molecule has 1 aromatic carbocycles. The molecule has 0 atom stereocenters. The molecule has 0 amide bonds. The first-order valence-electron chi connectivity index (χ1n) is 7.41. The lowest BCUT2D eigenvalue weighted by molar-refractivity contribution is 0.590. The zero-order valence-electron chi connectivity index (χ0n) is 14.2. The maximum Gasteiger partial charge on any atom is 0.206 e. The Hall–Kier alpha value is -2.21. The maximum atomic E-state index is 7.16. The van der Waals surface area contributed by atoms with Crippen LogP contribution < -0.4 is 11.2 Å². The highest BCUT2D eigenvalue weighted by Crippen LogP contribution is 2.30. The van der Waals surface area contributed by atoms with Crippen LogP contribution in [0.1, 0.15) is 43.8 Å². The molecule has 0 bridgehead atoms. The Morgan fingerprint density at radius 3 is 2.39 bits per heavy atom. The van der Waals surface area contributed by atoms with E-state index >= 15 is 0 Å². The number of aryl methyl sites for hydroxylation is 1. The average molecular weight is 329 g/mol. The SMILES string of the molecule is C/C(=N\NC(=N)N)c1sc(-c2ccc(C(C)(C)C)cc2)nc1C. The van der Waals surface area contributed by atoms with E-state index in [1.807, 2.05) is 13.8 Å². The Morgan fingerprint density at radius 2 is 1.87 bits per heavy atom. The topological polar surface area (TPSA) is 87.2 Å². The van der Waals surface area contributed by atoms with Crippen molar-refractivity contribution >= 4 is 23.0 Å². The minimum Gasteiger partial charge on any atom is -0.369 e.